The predicted octanol–water partition coefficient (Wildman–Crippen LogP) is 0.551. The standard InChI is InChI=1S/C5H8O3S/c6-4(7)3-5-8-1-2-9-5/h5H,1-3H2,(H,6,7). The molecule has 1 saturated heterocycles. The van der Waals surface area contributed by atoms with Gasteiger partial charge in [-0.15, -0.1) is 11.8 Å². The fourth-order valence-corrected chi connectivity index (χ4v) is 1.58. The Morgan fingerprint density at radius 3 is 3.11 bits per heavy atom. The van der Waals surface area contributed by atoms with Gasteiger partial charge in [-0.05, 0) is 0 Å². The fraction of sp³-hybridized carbons (Fsp3) is 0.800. The molecular formula is C5H8O3S. The lowest BCUT2D eigenvalue weighted by Crippen LogP contribution is -2.08. The molecule has 52 valence electrons. The zero-order valence-corrected chi connectivity index (χ0v) is 5.69. The lowest BCUT2D eigenvalue weighted by atomic mass is 10.5. The number of carbonyl (C=O) groups is 1. The first kappa shape index (κ1) is 6.89. The van der Waals surface area contributed by atoms with E-state index in [0.717, 1.165) is 5.75 Å². The summed E-state index contributed by atoms with van der Waals surface area (Å²) in [5, 5.41) is 8.28. The maximum Gasteiger partial charge on any atom is 0.306 e. The summed E-state index contributed by atoms with van der Waals surface area (Å²) in [6.07, 6.45) is 0.130. The van der Waals surface area contributed by atoms with E-state index in [1.807, 2.05) is 0 Å². The molecule has 0 bridgehead atoms. The Kier molecular flexibility index (Phi) is 2.36. The summed E-state index contributed by atoms with van der Waals surface area (Å²) in [5.74, 6) is 0.146. The summed E-state index contributed by atoms with van der Waals surface area (Å²) in [4.78, 5) is 10.1. The van der Waals surface area contributed by atoms with Crippen LogP contribution in [0.2, 0.25) is 0 Å². The molecule has 0 aliphatic carbocycles. The Hall–Kier alpha value is -0.220. The lowest BCUT2D eigenvalue weighted by Gasteiger charge is -2.01. The van der Waals surface area contributed by atoms with Crippen molar-refractivity contribution in [1.82, 2.24) is 0 Å². The molecule has 4 heteroatoms. The molecule has 0 amide bonds. The van der Waals surface area contributed by atoms with Crippen molar-refractivity contribution in [3.63, 3.8) is 0 Å². The largest absolute Gasteiger partial charge is 0.481 e. The van der Waals surface area contributed by atoms with E-state index >= 15 is 0 Å². The molecule has 0 spiro atoms. The van der Waals surface area contributed by atoms with Crippen LogP contribution in [0.4, 0.5) is 0 Å². The molecule has 0 radical (unpaired) electrons. The van der Waals surface area contributed by atoms with Crippen molar-refractivity contribution in [2.75, 3.05) is 12.4 Å². The third kappa shape index (κ3) is 2.24. The minimum Gasteiger partial charge on any atom is -0.481 e. The highest BCUT2D eigenvalue weighted by Crippen LogP contribution is 2.21. The minimum atomic E-state index is -0.783. The van der Waals surface area contributed by atoms with Gasteiger partial charge in [-0.1, -0.05) is 0 Å². The molecule has 1 aliphatic rings. The number of aliphatic carboxylic acids is 1. The fourth-order valence-electron chi connectivity index (χ4n) is 0.668. The van der Waals surface area contributed by atoms with Gasteiger partial charge in [-0.25, -0.2) is 0 Å². The first-order valence-electron chi connectivity index (χ1n) is 2.74. The van der Waals surface area contributed by atoms with Crippen LogP contribution in [0.5, 0.6) is 0 Å². The van der Waals surface area contributed by atoms with Crippen molar-refractivity contribution in [2.24, 2.45) is 0 Å². The van der Waals surface area contributed by atoms with Crippen LogP contribution < -0.4 is 0 Å². The molecule has 0 aromatic heterocycles. The maximum atomic E-state index is 10.1. The number of ether oxygens (including phenoxy) is 1. The van der Waals surface area contributed by atoms with Crippen LogP contribution in [0.25, 0.3) is 0 Å². The van der Waals surface area contributed by atoms with Gasteiger partial charge < -0.3 is 9.84 Å². The third-order valence-electron chi connectivity index (χ3n) is 1.03. The van der Waals surface area contributed by atoms with Gasteiger partial charge in [0.2, 0.25) is 0 Å². The smallest absolute Gasteiger partial charge is 0.306 e. The van der Waals surface area contributed by atoms with Crippen molar-refractivity contribution in [3.05, 3.63) is 0 Å². The molecule has 1 fully saturated rings. The van der Waals surface area contributed by atoms with Crippen molar-refractivity contribution in [3.8, 4) is 0 Å². The molecule has 1 unspecified atom stereocenters. The number of carboxylic acids is 1. The summed E-state index contributed by atoms with van der Waals surface area (Å²) in [7, 11) is 0. The molecule has 0 aromatic carbocycles. The highest BCUT2D eigenvalue weighted by Gasteiger charge is 2.18. The first-order chi connectivity index (χ1) is 4.29. The molecule has 0 aromatic rings. The normalized spacial score (nSPS) is 26.4. The molecule has 1 heterocycles. The van der Waals surface area contributed by atoms with Crippen molar-refractivity contribution >= 4 is 17.7 Å². The second-order valence-electron chi connectivity index (χ2n) is 1.77. The highest BCUT2D eigenvalue weighted by molar-refractivity contribution is 8.00. The average Bonchev–Trinajstić information content (AvgIpc) is 2.15. The Labute approximate surface area is 57.4 Å². The monoisotopic (exact) mass is 148 g/mol. The van der Waals surface area contributed by atoms with Gasteiger partial charge in [0.25, 0.3) is 0 Å². The van der Waals surface area contributed by atoms with Crippen LogP contribution in [0.15, 0.2) is 0 Å². The number of rotatable bonds is 2. The SMILES string of the molecule is O=C(O)CC1OCCS1. The van der Waals surface area contributed by atoms with Crippen molar-refractivity contribution < 1.29 is 14.6 Å². The van der Waals surface area contributed by atoms with E-state index in [2.05, 4.69) is 0 Å². The van der Waals surface area contributed by atoms with Gasteiger partial charge in [0.1, 0.15) is 5.44 Å². The van der Waals surface area contributed by atoms with Crippen molar-refractivity contribution in [1.29, 1.82) is 0 Å². The maximum absolute atomic E-state index is 10.1. The van der Waals surface area contributed by atoms with Crippen LogP contribution in [-0.4, -0.2) is 28.9 Å². The summed E-state index contributed by atoms with van der Waals surface area (Å²) in [6, 6.07) is 0. The Bertz CT molecular complexity index is 109. The van der Waals surface area contributed by atoms with Crippen LogP contribution in [-0.2, 0) is 9.53 Å². The van der Waals surface area contributed by atoms with Gasteiger partial charge in [0, 0.05) is 5.75 Å². The van der Waals surface area contributed by atoms with Crippen molar-refractivity contribution in [2.45, 2.75) is 11.9 Å². The Morgan fingerprint density at radius 2 is 2.67 bits per heavy atom. The molecule has 1 rings (SSSR count). The van der Waals surface area contributed by atoms with E-state index in [4.69, 9.17) is 9.84 Å². The zero-order valence-electron chi connectivity index (χ0n) is 4.87. The van der Waals surface area contributed by atoms with E-state index in [-0.39, 0.29) is 11.9 Å². The first-order valence-corrected chi connectivity index (χ1v) is 3.79. The van der Waals surface area contributed by atoms with Gasteiger partial charge >= 0.3 is 5.97 Å². The summed E-state index contributed by atoms with van der Waals surface area (Å²) in [6.45, 7) is 0.697. The van der Waals surface area contributed by atoms with Gasteiger partial charge in [-0.3, -0.25) is 4.79 Å². The van der Waals surface area contributed by atoms with E-state index in [1.165, 1.54) is 0 Å². The Balaban J connectivity index is 2.19. The summed E-state index contributed by atoms with van der Waals surface area (Å²) >= 11 is 1.57. The Morgan fingerprint density at radius 1 is 1.89 bits per heavy atom. The van der Waals surface area contributed by atoms with Crippen LogP contribution in [0.1, 0.15) is 6.42 Å². The molecule has 3 nitrogen and oxygen atoms in total. The predicted molar refractivity (Wildman–Crippen MR) is 34.5 cm³/mol. The van der Waals surface area contributed by atoms with E-state index in [9.17, 15) is 4.79 Å². The number of hydrogen-bond donors (Lipinski definition) is 1. The second-order valence-corrected chi connectivity index (χ2v) is 3.04. The quantitative estimate of drug-likeness (QED) is 0.621. The lowest BCUT2D eigenvalue weighted by molar-refractivity contribution is -0.138. The molecule has 9 heavy (non-hydrogen) atoms. The number of carboxylic acid groups (broad SMARTS) is 1. The van der Waals surface area contributed by atoms with Gasteiger partial charge in [0.05, 0.1) is 13.0 Å². The zero-order chi connectivity index (χ0) is 6.69. The van der Waals surface area contributed by atoms with E-state index in [1.54, 1.807) is 11.8 Å². The van der Waals surface area contributed by atoms with E-state index < -0.39 is 5.97 Å². The molecular weight excluding hydrogens is 140 g/mol. The van der Waals surface area contributed by atoms with E-state index in [0.29, 0.717) is 6.61 Å². The van der Waals surface area contributed by atoms with Gasteiger partial charge in [-0.2, -0.15) is 0 Å². The van der Waals surface area contributed by atoms with Crippen LogP contribution >= 0.6 is 11.8 Å². The third-order valence-corrected chi connectivity index (χ3v) is 2.11. The topological polar surface area (TPSA) is 46.5 Å². The van der Waals surface area contributed by atoms with Crippen LogP contribution in [0.3, 0.4) is 0 Å². The molecule has 1 aliphatic heterocycles. The number of thioether (sulfide) groups is 1. The summed E-state index contributed by atoms with van der Waals surface area (Å²) in [5.41, 5.74) is -0.0949. The molecule has 0 saturated carbocycles. The van der Waals surface area contributed by atoms with Crippen LogP contribution in [0, 0.1) is 0 Å². The molecule has 1 N–H and O–H groups in total. The minimum absolute atomic E-state index is 0.0949. The molecule has 1 atom stereocenters. The highest BCUT2D eigenvalue weighted by atomic mass is 32.2. The summed E-state index contributed by atoms with van der Waals surface area (Å²) < 4.78 is 5.05. The van der Waals surface area contributed by atoms with Gasteiger partial charge in [0.15, 0.2) is 0 Å². The average molecular weight is 148 g/mol. The number of hydrogen-bond acceptors (Lipinski definition) is 3. The second kappa shape index (κ2) is 3.08.